The highest BCUT2D eigenvalue weighted by Gasteiger charge is 2.39. The molecule has 2 N–H and O–H groups in total. The van der Waals surface area contributed by atoms with Gasteiger partial charge in [-0.3, -0.25) is 4.90 Å². The molecule has 1 heterocycles. The average Bonchev–Trinajstić information content (AvgIpc) is 2.49. The molecule has 1 aliphatic heterocycles. The third kappa shape index (κ3) is 2.36. The summed E-state index contributed by atoms with van der Waals surface area (Å²) in [6.07, 6.45) is 11.2. The van der Waals surface area contributed by atoms with Crippen molar-refractivity contribution in [3.63, 3.8) is 0 Å². The third-order valence-electron chi connectivity index (χ3n) is 4.51. The van der Waals surface area contributed by atoms with Crippen LogP contribution in [-0.4, -0.2) is 29.6 Å². The van der Waals surface area contributed by atoms with Gasteiger partial charge in [-0.25, -0.2) is 0 Å². The van der Waals surface area contributed by atoms with Gasteiger partial charge in [0.25, 0.3) is 0 Å². The quantitative estimate of drug-likeness (QED) is 0.710. The average molecular weight is 210 g/mol. The van der Waals surface area contributed by atoms with Crippen molar-refractivity contribution in [1.82, 2.24) is 4.90 Å². The molecule has 1 atom stereocenters. The van der Waals surface area contributed by atoms with Gasteiger partial charge < -0.3 is 5.73 Å². The van der Waals surface area contributed by atoms with Crippen LogP contribution in [0.25, 0.3) is 0 Å². The van der Waals surface area contributed by atoms with Crippen molar-refractivity contribution in [1.29, 1.82) is 0 Å². The summed E-state index contributed by atoms with van der Waals surface area (Å²) >= 11 is 0. The van der Waals surface area contributed by atoms with E-state index in [-0.39, 0.29) is 0 Å². The molecule has 0 radical (unpaired) electrons. The number of likely N-dealkylation sites (tertiary alicyclic amines) is 1. The van der Waals surface area contributed by atoms with E-state index in [4.69, 9.17) is 5.73 Å². The lowest BCUT2D eigenvalue weighted by Gasteiger charge is -2.40. The molecule has 0 bridgehead atoms. The van der Waals surface area contributed by atoms with Gasteiger partial charge in [-0.2, -0.15) is 0 Å². The van der Waals surface area contributed by atoms with Gasteiger partial charge in [-0.05, 0) is 39.2 Å². The lowest BCUT2D eigenvalue weighted by atomic mass is 9.95. The van der Waals surface area contributed by atoms with Crippen molar-refractivity contribution in [3.05, 3.63) is 0 Å². The molecule has 15 heavy (non-hydrogen) atoms. The van der Waals surface area contributed by atoms with Crippen LogP contribution < -0.4 is 5.73 Å². The predicted molar refractivity (Wildman–Crippen MR) is 64.9 cm³/mol. The Hall–Kier alpha value is -0.0800. The molecule has 2 fully saturated rings. The van der Waals surface area contributed by atoms with Crippen LogP contribution in [0.3, 0.4) is 0 Å². The molecule has 2 aliphatic rings. The van der Waals surface area contributed by atoms with Crippen molar-refractivity contribution in [3.8, 4) is 0 Å². The van der Waals surface area contributed by atoms with Crippen molar-refractivity contribution in [2.24, 2.45) is 5.73 Å². The first kappa shape index (κ1) is 11.4. The van der Waals surface area contributed by atoms with Crippen LogP contribution in [0.2, 0.25) is 0 Å². The summed E-state index contributed by atoms with van der Waals surface area (Å²) in [7, 11) is 0. The van der Waals surface area contributed by atoms with Crippen LogP contribution in [0.15, 0.2) is 0 Å². The Balaban J connectivity index is 2.01. The normalized spacial score (nSPS) is 35.6. The Bertz CT molecular complexity index is 197. The first-order chi connectivity index (χ1) is 7.26. The maximum Gasteiger partial charge on any atom is 0.0307 e. The van der Waals surface area contributed by atoms with Gasteiger partial charge in [0.1, 0.15) is 0 Å². The molecule has 0 spiro atoms. The summed E-state index contributed by atoms with van der Waals surface area (Å²) in [5.74, 6) is 0. The SMILES string of the molecule is CC1(CN)CCCN1C1CCCCCC1. The van der Waals surface area contributed by atoms with E-state index in [9.17, 15) is 0 Å². The minimum absolute atomic E-state index is 0.314. The molecule has 0 aromatic carbocycles. The van der Waals surface area contributed by atoms with Crippen LogP contribution in [-0.2, 0) is 0 Å². The van der Waals surface area contributed by atoms with E-state index < -0.39 is 0 Å². The number of nitrogens with two attached hydrogens (primary N) is 1. The molecular formula is C13H26N2. The van der Waals surface area contributed by atoms with Crippen LogP contribution >= 0.6 is 0 Å². The Labute approximate surface area is 94.2 Å². The van der Waals surface area contributed by atoms with E-state index in [1.807, 2.05) is 0 Å². The van der Waals surface area contributed by atoms with Gasteiger partial charge >= 0.3 is 0 Å². The fourth-order valence-corrected chi connectivity index (χ4v) is 3.46. The molecule has 1 saturated carbocycles. The first-order valence-electron chi connectivity index (χ1n) is 6.73. The van der Waals surface area contributed by atoms with E-state index in [0.29, 0.717) is 5.54 Å². The zero-order valence-electron chi connectivity index (χ0n) is 10.2. The highest BCUT2D eigenvalue weighted by molar-refractivity contribution is 4.96. The second-order valence-corrected chi connectivity index (χ2v) is 5.64. The molecule has 2 rings (SSSR count). The largest absolute Gasteiger partial charge is 0.329 e. The zero-order chi connectivity index (χ0) is 10.7. The topological polar surface area (TPSA) is 29.3 Å². The summed E-state index contributed by atoms with van der Waals surface area (Å²) in [5, 5.41) is 0. The fraction of sp³-hybridized carbons (Fsp3) is 1.00. The standard InChI is InChI=1S/C13H26N2/c1-13(11-14)9-6-10-15(13)12-7-4-2-3-5-8-12/h12H,2-11,14H2,1H3. The molecule has 1 saturated heterocycles. The molecule has 0 amide bonds. The number of nitrogens with zero attached hydrogens (tertiary/aromatic N) is 1. The highest BCUT2D eigenvalue weighted by atomic mass is 15.2. The summed E-state index contributed by atoms with van der Waals surface area (Å²) in [6, 6.07) is 0.837. The van der Waals surface area contributed by atoms with Gasteiger partial charge in [0.05, 0.1) is 0 Å². The Morgan fingerprint density at radius 1 is 1.13 bits per heavy atom. The maximum absolute atomic E-state index is 5.96. The third-order valence-corrected chi connectivity index (χ3v) is 4.51. The second kappa shape index (κ2) is 4.84. The fourth-order valence-electron chi connectivity index (χ4n) is 3.46. The Kier molecular flexibility index (Phi) is 3.68. The smallest absolute Gasteiger partial charge is 0.0307 e. The minimum Gasteiger partial charge on any atom is -0.329 e. The molecular weight excluding hydrogens is 184 g/mol. The second-order valence-electron chi connectivity index (χ2n) is 5.64. The highest BCUT2D eigenvalue weighted by Crippen LogP contribution is 2.34. The van der Waals surface area contributed by atoms with Gasteiger partial charge in [0.15, 0.2) is 0 Å². The lowest BCUT2D eigenvalue weighted by molar-refractivity contribution is 0.0963. The van der Waals surface area contributed by atoms with Crippen molar-refractivity contribution < 1.29 is 0 Å². The number of rotatable bonds is 2. The van der Waals surface area contributed by atoms with Crippen LogP contribution in [0.5, 0.6) is 0 Å². The summed E-state index contributed by atoms with van der Waals surface area (Å²) in [5.41, 5.74) is 6.28. The summed E-state index contributed by atoms with van der Waals surface area (Å²) in [6.45, 7) is 4.49. The van der Waals surface area contributed by atoms with Crippen LogP contribution in [0, 0.1) is 0 Å². The van der Waals surface area contributed by atoms with Gasteiger partial charge in [0.2, 0.25) is 0 Å². The van der Waals surface area contributed by atoms with E-state index in [0.717, 1.165) is 12.6 Å². The van der Waals surface area contributed by atoms with Crippen molar-refractivity contribution in [2.45, 2.75) is 69.9 Å². The zero-order valence-corrected chi connectivity index (χ0v) is 10.2. The molecule has 2 nitrogen and oxygen atoms in total. The van der Waals surface area contributed by atoms with E-state index >= 15 is 0 Å². The van der Waals surface area contributed by atoms with Crippen LogP contribution in [0.1, 0.15) is 58.3 Å². The van der Waals surface area contributed by atoms with E-state index in [2.05, 4.69) is 11.8 Å². The number of hydrogen-bond donors (Lipinski definition) is 1. The minimum atomic E-state index is 0.314. The predicted octanol–water partition coefficient (Wildman–Crippen LogP) is 2.52. The van der Waals surface area contributed by atoms with Gasteiger partial charge in [-0.1, -0.05) is 25.7 Å². The molecule has 88 valence electrons. The maximum atomic E-state index is 5.96. The molecule has 2 heteroatoms. The molecule has 0 aromatic rings. The Morgan fingerprint density at radius 2 is 1.80 bits per heavy atom. The van der Waals surface area contributed by atoms with Crippen molar-refractivity contribution >= 4 is 0 Å². The van der Waals surface area contributed by atoms with E-state index in [1.54, 1.807) is 0 Å². The molecule has 1 aliphatic carbocycles. The van der Waals surface area contributed by atoms with Crippen molar-refractivity contribution in [2.75, 3.05) is 13.1 Å². The monoisotopic (exact) mass is 210 g/mol. The van der Waals surface area contributed by atoms with Gasteiger partial charge in [0, 0.05) is 18.1 Å². The lowest BCUT2D eigenvalue weighted by Crippen LogP contribution is -2.51. The molecule has 1 unspecified atom stereocenters. The molecule has 0 aromatic heterocycles. The van der Waals surface area contributed by atoms with Gasteiger partial charge in [-0.15, -0.1) is 0 Å². The number of hydrogen-bond acceptors (Lipinski definition) is 2. The summed E-state index contributed by atoms with van der Waals surface area (Å²) < 4.78 is 0. The summed E-state index contributed by atoms with van der Waals surface area (Å²) in [4.78, 5) is 2.73. The Morgan fingerprint density at radius 3 is 2.40 bits per heavy atom. The van der Waals surface area contributed by atoms with Crippen LogP contribution in [0.4, 0.5) is 0 Å². The van der Waals surface area contributed by atoms with E-state index in [1.165, 1.54) is 57.9 Å². The first-order valence-corrected chi connectivity index (χ1v) is 6.73.